The van der Waals surface area contributed by atoms with Gasteiger partial charge in [-0.3, -0.25) is 4.79 Å². The van der Waals surface area contributed by atoms with Crippen LogP contribution in [0.4, 0.5) is 4.39 Å². The maximum absolute atomic E-state index is 13.6. The summed E-state index contributed by atoms with van der Waals surface area (Å²) in [4.78, 5) is 11.8. The fraction of sp³-hybridized carbons (Fsp3) is 0.0556. The van der Waals surface area contributed by atoms with Gasteiger partial charge in [-0.1, -0.05) is 34.1 Å². The van der Waals surface area contributed by atoms with Gasteiger partial charge >= 0.3 is 0 Å². The summed E-state index contributed by atoms with van der Waals surface area (Å²) in [6.07, 6.45) is 5.66. The molecule has 0 fully saturated rings. The van der Waals surface area contributed by atoms with Crippen LogP contribution in [0.25, 0.3) is 12.2 Å². The molecule has 0 saturated heterocycles. The SMILES string of the molecule is COc1cc(/C=C/C(=O)/C=C/c2c(F)cccc2Br)ccc1O. The second-order valence-electron chi connectivity index (χ2n) is 4.64. The summed E-state index contributed by atoms with van der Waals surface area (Å²) in [5.74, 6) is -0.339. The van der Waals surface area contributed by atoms with Crippen molar-refractivity contribution in [1.82, 2.24) is 0 Å². The van der Waals surface area contributed by atoms with Gasteiger partial charge < -0.3 is 9.84 Å². The zero-order valence-electron chi connectivity index (χ0n) is 12.3. The highest BCUT2D eigenvalue weighted by Gasteiger charge is 2.03. The predicted molar refractivity (Wildman–Crippen MR) is 91.8 cm³/mol. The molecule has 0 aromatic heterocycles. The van der Waals surface area contributed by atoms with Crippen molar-refractivity contribution in [2.45, 2.75) is 0 Å². The number of allylic oxidation sites excluding steroid dienone is 2. The summed E-state index contributed by atoms with van der Waals surface area (Å²) in [5.41, 5.74) is 1.02. The molecule has 3 nitrogen and oxygen atoms in total. The summed E-state index contributed by atoms with van der Waals surface area (Å²) >= 11 is 3.24. The third-order valence-electron chi connectivity index (χ3n) is 3.06. The van der Waals surface area contributed by atoms with E-state index in [1.807, 2.05) is 0 Å². The molecule has 0 bridgehead atoms. The first-order valence-corrected chi connectivity index (χ1v) is 7.51. The first-order chi connectivity index (χ1) is 11.0. The van der Waals surface area contributed by atoms with Crippen LogP contribution >= 0.6 is 15.9 Å². The normalized spacial score (nSPS) is 11.3. The maximum Gasteiger partial charge on any atom is 0.178 e. The lowest BCUT2D eigenvalue weighted by molar-refractivity contribution is -0.110. The van der Waals surface area contributed by atoms with E-state index in [-0.39, 0.29) is 11.5 Å². The standard InChI is InChI=1S/C18H14BrFO3/c1-23-18-11-12(6-10-17(18)22)5-7-13(21)8-9-14-15(19)3-2-4-16(14)20/h2-11,22H,1H3/b7-5+,9-8+. The molecule has 0 radical (unpaired) electrons. The summed E-state index contributed by atoms with van der Waals surface area (Å²) in [7, 11) is 1.45. The van der Waals surface area contributed by atoms with Crippen molar-refractivity contribution in [3.8, 4) is 11.5 Å². The molecular formula is C18H14BrFO3. The van der Waals surface area contributed by atoms with Crippen LogP contribution in [0.5, 0.6) is 11.5 Å². The van der Waals surface area contributed by atoms with Gasteiger partial charge in [0.05, 0.1) is 7.11 Å². The van der Waals surface area contributed by atoms with Crippen molar-refractivity contribution < 1.29 is 19.0 Å². The molecule has 5 heteroatoms. The minimum Gasteiger partial charge on any atom is -0.504 e. The van der Waals surface area contributed by atoms with Crippen molar-refractivity contribution in [2.24, 2.45) is 0 Å². The summed E-state index contributed by atoms with van der Waals surface area (Å²) in [5, 5.41) is 9.51. The van der Waals surface area contributed by atoms with Crippen LogP contribution in [0, 0.1) is 5.82 Å². The summed E-state index contributed by atoms with van der Waals surface area (Å²) in [6.45, 7) is 0. The molecular weight excluding hydrogens is 363 g/mol. The quantitative estimate of drug-likeness (QED) is 0.775. The van der Waals surface area contributed by atoms with Crippen LogP contribution in [0.15, 0.2) is 53.0 Å². The monoisotopic (exact) mass is 376 g/mol. The molecule has 0 aliphatic heterocycles. The van der Waals surface area contributed by atoms with Crippen molar-refractivity contribution >= 4 is 33.9 Å². The number of hydrogen-bond donors (Lipinski definition) is 1. The van der Waals surface area contributed by atoms with Gasteiger partial charge in [0.1, 0.15) is 5.82 Å². The van der Waals surface area contributed by atoms with E-state index in [1.165, 1.54) is 37.5 Å². The van der Waals surface area contributed by atoms with Crippen LogP contribution in [0.2, 0.25) is 0 Å². The highest BCUT2D eigenvalue weighted by Crippen LogP contribution is 2.26. The van der Waals surface area contributed by atoms with Crippen LogP contribution in [-0.4, -0.2) is 18.0 Å². The lowest BCUT2D eigenvalue weighted by Crippen LogP contribution is -1.88. The molecule has 2 aromatic carbocycles. The summed E-state index contributed by atoms with van der Waals surface area (Å²) < 4.78 is 19.2. The third-order valence-corrected chi connectivity index (χ3v) is 3.75. The van der Waals surface area contributed by atoms with Gasteiger partial charge in [0, 0.05) is 10.0 Å². The highest BCUT2D eigenvalue weighted by atomic mass is 79.9. The number of phenols is 1. The Morgan fingerprint density at radius 1 is 1.22 bits per heavy atom. The van der Waals surface area contributed by atoms with E-state index >= 15 is 0 Å². The maximum atomic E-state index is 13.6. The molecule has 1 N–H and O–H groups in total. The fourth-order valence-electron chi connectivity index (χ4n) is 1.87. The van der Waals surface area contributed by atoms with Crippen molar-refractivity contribution in [1.29, 1.82) is 0 Å². The van der Waals surface area contributed by atoms with E-state index in [0.29, 0.717) is 21.3 Å². The number of ether oxygens (including phenoxy) is 1. The number of carbonyl (C=O) groups excluding carboxylic acids is 1. The second kappa shape index (κ2) is 7.74. The third kappa shape index (κ3) is 4.53. The molecule has 0 spiro atoms. The van der Waals surface area contributed by atoms with Gasteiger partial charge in [0.25, 0.3) is 0 Å². The van der Waals surface area contributed by atoms with Gasteiger partial charge in [-0.2, -0.15) is 0 Å². The van der Waals surface area contributed by atoms with Gasteiger partial charge in [-0.25, -0.2) is 4.39 Å². The zero-order valence-corrected chi connectivity index (χ0v) is 13.9. The van der Waals surface area contributed by atoms with Gasteiger partial charge in [0.15, 0.2) is 17.3 Å². The van der Waals surface area contributed by atoms with Crippen molar-refractivity contribution in [3.05, 3.63) is 70.0 Å². The number of phenolic OH excluding ortho intramolecular Hbond substituents is 1. The van der Waals surface area contributed by atoms with Gasteiger partial charge in [0.2, 0.25) is 0 Å². The van der Waals surface area contributed by atoms with Gasteiger partial charge in [-0.05, 0) is 48.1 Å². The van der Waals surface area contributed by atoms with E-state index in [1.54, 1.807) is 30.3 Å². The number of ketones is 1. The number of hydrogen-bond acceptors (Lipinski definition) is 3. The predicted octanol–water partition coefficient (Wildman–Crippen LogP) is 4.60. The van der Waals surface area contributed by atoms with E-state index in [0.717, 1.165) is 0 Å². The Bertz CT molecular complexity index is 762. The minimum absolute atomic E-state index is 0.0280. The molecule has 0 atom stereocenters. The molecule has 0 saturated carbocycles. The molecule has 0 aliphatic carbocycles. The molecule has 0 amide bonds. The molecule has 23 heavy (non-hydrogen) atoms. The number of carbonyl (C=O) groups is 1. The first kappa shape index (κ1) is 17.0. The Labute approximate surface area is 141 Å². The minimum atomic E-state index is -0.407. The Kier molecular flexibility index (Phi) is 5.71. The highest BCUT2D eigenvalue weighted by molar-refractivity contribution is 9.10. The van der Waals surface area contributed by atoms with Crippen molar-refractivity contribution in [2.75, 3.05) is 7.11 Å². The van der Waals surface area contributed by atoms with Crippen molar-refractivity contribution in [3.63, 3.8) is 0 Å². The second-order valence-corrected chi connectivity index (χ2v) is 5.49. The molecule has 118 valence electrons. The van der Waals surface area contributed by atoms with Crippen LogP contribution in [0.3, 0.4) is 0 Å². The molecule has 2 aromatic rings. The number of methoxy groups -OCH3 is 1. The molecule has 0 aliphatic rings. The van der Waals surface area contributed by atoms with Crippen LogP contribution in [-0.2, 0) is 4.79 Å². The Hall–Kier alpha value is -2.40. The van der Waals surface area contributed by atoms with Crippen LogP contribution < -0.4 is 4.74 Å². The Morgan fingerprint density at radius 2 is 1.96 bits per heavy atom. The lowest BCUT2D eigenvalue weighted by Gasteiger charge is -2.03. The Morgan fingerprint density at radius 3 is 2.65 bits per heavy atom. The average molecular weight is 377 g/mol. The number of halogens is 2. The number of rotatable bonds is 5. The van der Waals surface area contributed by atoms with E-state index < -0.39 is 5.82 Å². The van der Waals surface area contributed by atoms with Crippen LogP contribution in [0.1, 0.15) is 11.1 Å². The van der Waals surface area contributed by atoms with Gasteiger partial charge in [-0.15, -0.1) is 0 Å². The average Bonchev–Trinajstić information content (AvgIpc) is 2.53. The topological polar surface area (TPSA) is 46.5 Å². The van der Waals surface area contributed by atoms with E-state index in [9.17, 15) is 14.3 Å². The smallest absolute Gasteiger partial charge is 0.178 e. The number of aromatic hydroxyl groups is 1. The number of benzene rings is 2. The molecule has 2 rings (SSSR count). The first-order valence-electron chi connectivity index (χ1n) is 6.72. The largest absolute Gasteiger partial charge is 0.504 e. The fourth-order valence-corrected chi connectivity index (χ4v) is 2.34. The molecule has 0 unspecified atom stereocenters. The lowest BCUT2D eigenvalue weighted by atomic mass is 10.1. The Balaban J connectivity index is 2.11. The zero-order chi connectivity index (χ0) is 16.8. The molecule has 0 heterocycles. The van der Waals surface area contributed by atoms with E-state index in [2.05, 4.69) is 15.9 Å². The summed E-state index contributed by atoms with van der Waals surface area (Å²) in [6, 6.07) is 9.35. The van der Waals surface area contributed by atoms with E-state index in [4.69, 9.17) is 4.74 Å².